The van der Waals surface area contributed by atoms with Gasteiger partial charge in [0, 0.05) is 0 Å². The third kappa shape index (κ3) is 1.32. The molecule has 0 aromatic heterocycles. The largest absolute Gasteiger partial charge is 0.0623 e. The summed E-state index contributed by atoms with van der Waals surface area (Å²) in [5.41, 5.74) is 0. The minimum atomic E-state index is 1.00. The van der Waals surface area contributed by atoms with E-state index in [9.17, 15) is 0 Å². The number of hydrogen-bond donors (Lipinski definition) is 0. The number of hydrogen-bond acceptors (Lipinski definition) is 0. The second-order valence-corrected chi connectivity index (χ2v) is 4.87. The minimum Gasteiger partial charge on any atom is -0.0623 e. The zero-order valence-corrected chi connectivity index (χ0v) is 7.84. The zero-order chi connectivity index (χ0) is 7.84. The highest BCUT2D eigenvalue weighted by molar-refractivity contribution is 4.86. The van der Waals surface area contributed by atoms with Crippen LogP contribution in [0.15, 0.2) is 0 Å². The summed E-state index contributed by atoms with van der Waals surface area (Å²) in [4.78, 5) is 0. The molecule has 2 aliphatic rings. The average Bonchev–Trinajstić information content (AvgIpc) is 2.03. The summed E-state index contributed by atoms with van der Waals surface area (Å²) >= 11 is 0. The molecule has 0 N–H and O–H groups in total. The van der Waals surface area contributed by atoms with Crippen LogP contribution in [0.5, 0.6) is 0 Å². The van der Waals surface area contributed by atoms with Crippen LogP contribution in [0.2, 0.25) is 0 Å². The molecule has 0 amide bonds. The Labute approximate surface area is 70.4 Å². The van der Waals surface area contributed by atoms with E-state index in [0.717, 1.165) is 23.7 Å². The van der Waals surface area contributed by atoms with Crippen LogP contribution in [0.25, 0.3) is 0 Å². The van der Waals surface area contributed by atoms with Gasteiger partial charge in [0.05, 0.1) is 0 Å². The van der Waals surface area contributed by atoms with Crippen molar-refractivity contribution in [2.45, 2.75) is 46.0 Å². The molecule has 2 fully saturated rings. The molecule has 2 saturated carbocycles. The summed E-state index contributed by atoms with van der Waals surface area (Å²) in [5.74, 6) is 4.28. The van der Waals surface area contributed by atoms with Gasteiger partial charge in [0.1, 0.15) is 0 Å². The summed E-state index contributed by atoms with van der Waals surface area (Å²) in [7, 11) is 0. The summed E-state index contributed by atoms with van der Waals surface area (Å²) in [6.45, 7) is 4.89. The van der Waals surface area contributed by atoms with Gasteiger partial charge in [0.15, 0.2) is 0 Å². The molecule has 0 nitrogen and oxygen atoms in total. The average molecular weight is 152 g/mol. The lowest BCUT2D eigenvalue weighted by atomic mass is 9.70. The first kappa shape index (κ1) is 7.64. The lowest BCUT2D eigenvalue weighted by Gasteiger charge is -2.36. The highest BCUT2D eigenvalue weighted by Crippen LogP contribution is 2.46. The van der Waals surface area contributed by atoms with Crippen molar-refractivity contribution in [2.75, 3.05) is 0 Å². The van der Waals surface area contributed by atoms with E-state index < -0.39 is 0 Å². The quantitative estimate of drug-likeness (QED) is 0.498. The first-order valence-electron chi connectivity index (χ1n) is 5.27. The normalized spacial score (nSPS) is 50.7. The van der Waals surface area contributed by atoms with Gasteiger partial charge in [0.25, 0.3) is 0 Å². The summed E-state index contributed by atoms with van der Waals surface area (Å²) < 4.78 is 0. The van der Waals surface area contributed by atoms with Crippen molar-refractivity contribution < 1.29 is 0 Å². The van der Waals surface area contributed by atoms with Crippen LogP contribution in [-0.2, 0) is 0 Å². The van der Waals surface area contributed by atoms with Crippen molar-refractivity contribution in [3.8, 4) is 0 Å². The molecule has 4 atom stereocenters. The maximum atomic E-state index is 2.45. The molecule has 0 aromatic carbocycles. The van der Waals surface area contributed by atoms with Crippen LogP contribution in [0.1, 0.15) is 46.0 Å². The molecule has 0 saturated heterocycles. The van der Waals surface area contributed by atoms with Gasteiger partial charge < -0.3 is 0 Å². The Kier molecular flexibility index (Phi) is 1.95. The molecular weight excluding hydrogens is 132 g/mol. The smallest absolute Gasteiger partial charge is 0.0383 e. The summed E-state index contributed by atoms with van der Waals surface area (Å²) in [6.07, 6.45) is 7.66. The summed E-state index contributed by atoms with van der Waals surface area (Å²) in [5, 5.41) is 0. The Bertz CT molecular complexity index is 133. The van der Waals surface area contributed by atoms with E-state index in [4.69, 9.17) is 0 Å². The highest BCUT2D eigenvalue weighted by Gasteiger charge is 2.35. The van der Waals surface area contributed by atoms with Crippen molar-refractivity contribution in [1.82, 2.24) is 0 Å². The van der Waals surface area contributed by atoms with Crippen LogP contribution in [-0.4, -0.2) is 0 Å². The van der Waals surface area contributed by atoms with E-state index >= 15 is 0 Å². The number of fused-ring (bicyclic) bond motifs is 1. The standard InChI is InChI=1S/C11H20/c1-8-3-4-10-5-6-11(10)7-9(8)2/h8-11H,3-7H2,1-2H3. The third-order valence-corrected chi connectivity index (χ3v) is 4.21. The van der Waals surface area contributed by atoms with Gasteiger partial charge in [0.2, 0.25) is 0 Å². The van der Waals surface area contributed by atoms with Gasteiger partial charge in [-0.25, -0.2) is 0 Å². The van der Waals surface area contributed by atoms with E-state index in [2.05, 4.69) is 13.8 Å². The summed E-state index contributed by atoms with van der Waals surface area (Å²) in [6, 6.07) is 0. The molecule has 4 unspecified atom stereocenters. The molecule has 2 rings (SSSR count). The lowest BCUT2D eigenvalue weighted by Crippen LogP contribution is -2.25. The Morgan fingerprint density at radius 2 is 1.36 bits per heavy atom. The molecular formula is C11H20. The maximum absolute atomic E-state index is 2.45. The second kappa shape index (κ2) is 2.80. The van der Waals surface area contributed by atoms with Gasteiger partial charge in [-0.1, -0.05) is 20.3 Å². The van der Waals surface area contributed by atoms with Gasteiger partial charge in [-0.2, -0.15) is 0 Å². The molecule has 0 aliphatic heterocycles. The molecule has 0 heterocycles. The van der Waals surface area contributed by atoms with Gasteiger partial charge in [-0.3, -0.25) is 0 Å². The Balaban J connectivity index is 1.97. The monoisotopic (exact) mass is 152 g/mol. The van der Waals surface area contributed by atoms with Crippen LogP contribution < -0.4 is 0 Å². The van der Waals surface area contributed by atoms with E-state index in [0.29, 0.717) is 0 Å². The highest BCUT2D eigenvalue weighted by atomic mass is 14.4. The SMILES string of the molecule is CC1CCC2CCC2CC1C. The topological polar surface area (TPSA) is 0 Å². The Hall–Kier alpha value is 0. The predicted octanol–water partition coefficient (Wildman–Crippen LogP) is 3.47. The molecule has 0 spiro atoms. The zero-order valence-electron chi connectivity index (χ0n) is 7.84. The second-order valence-electron chi connectivity index (χ2n) is 4.87. The Morgan fingerprint density at radius 3 is 2.00 bits per heavy atom. The van der Waals surface area contributed by atoms with Gasteiger partial charge in [-0.15, -0.1) is 0 Å². The molecule has 0 radical (unpaired) electrons. The Morgan fingerprint density at radius 1 is 0.727 bits per heavy atom. The van der Waals surface area contributed by atoms with Gasteiger partial charge in [-0.05, 0) is 49.4 Å². The van der Waals surface area contributed by atoms with Crippen molar-refractivity contribution in [3.63, 3.8) is 0 Å². The van der Waals surface area contributed by atoms with Crippen molar-refractivity contribution in [1.29, 1.82) is 0 Å². The first-order valence-corrected chi connectivity index (χ1v) is 5.27. The predicted molar refractivity (Wildman–Crippen MR) is 48.4 cm³/mol. The van der Waals surface area contributed by atoms with Crippen molar-refractivity contribution in [2.24, 2.45) is 23.7 Å². The molecule has 0 heteroatoms. The first-order chi connectivity index (χ1) is 5.27. The molecule has 11 heavy (non-hydrogen) atoms. The van der Waals surface area contributed by atoms with E-state index in [1.54, 1.807) is 12.8 Å². The van der Waals surface area contributed by atoms with E-state index in [-0.39, 0.29) is 0 Å². The lowest BCUT2D eigenvalue weighted by molar-refractivity contribution is 0.153. The molecule has 2 aliphatic carbocycles. The van der Waals surface area contributed by atoms with Gasteiger partial charge >= 0.3 is 0 Å². The van der Waals surface area contributed by atoms with E-state index in [1.807, 2.05) is 0 Å². The van der Waals surface area contributed by atoms with Crippen molar-refractivity contribution in [3.05, 3.63) is 0 Å². The molecule has 0 bridgehead atoms. The molecule has 64 valence electrons. The number of rotatable bonds is 0. The fourth-order valence-electron chi connectivity index (χ4n) is 2.80. The fraction of sp³-hybridized carbons (Fsp3) is 1.00. The van der Waals surface area contributed by atoms with Crippen molar-refractivity contribution >= 4 is 0 Å². The minimum absolute atomic E-state index is 1.00. The fourth-order valence-corrected chi connectivity index (χ4v) is 2.80. The van der Waals surface area contributed by atoms with Crippen LogP contribution >= 0.6 is 0 Å². The third-order valence-electron chi connectivity index (χ3n) is 4.21. The van der Waals surface area contributed by atoms with E-state index in [1.165, 1.54) is 19.3 Å². The van der Waals surface area contributed by atoms with Crippen LogP contribution in [0, 0.1) is 23.7 Å². The maximum Gasteiger partial charge on any atom is -0.0383 e. The van der Waals surface area contributed by atoms with Crippen LogP contribution in [0.4, 0.5) is 0 Å². The van der Waals surface area contributed by atoms with Crippen LogP contribution in [0.3, 0.4) is 0 Å². The molecule has 0 aromatic rings.